The Hall–Kier alpha value is -2.84. The van der Waals surface area contributed by atoms with Crippen molar-refractivity contribution in [3.63, 3.8) is 0 Å². The van der Waals surface area contributed by atoms with Gasteiger partial charge in [-0.3, -0.25) is 4.79 Å². The molecule has 1 aromatic heterocycles. The minimum Gasteiger partial charge on any atom is -0.481 e. The summed E-state index contributed by atoms with van der Waals surface area (Å²) < 4.78 is 48.3. The summed E-state index contributed by atoms with van der Waals surface area (Å²) in [5, 5.41) is 0. The van der Waals surface area contributed by atoms with Crippen LogP contribution in [-0.2, 0) is 6.18 Å². The zero-order valence-corrected chi connectivity index (χ0v) is 15.5. The highest BCUT2D eigenvalue weighted by Crippen LogP contribution is 2.31. The number of carbonyl (C=O) groups excluding carboxylic acids is 1. The van der Waals surface area contributed by atoms with Crippen LogP contribution < -0.4 is 9.47 Å². The number of amides is 1. The number of halogens is 3. The van der Waals surface area contributed by atoms with Crippen molar-refractivity contribution in [2.45, 2.75) is 24.9 Å². The summed E-state index contributed by atoms with van der Waals surface area (Å²) in [6.07, 6.45) is -3.14. The molecule has 6 nitrogen and oxygen atoms in total. The van der Waals surface area contributed by atoms with Crippen molar-refractivity contribution in [3.05, 3.63) is 47.3 Å². The fourth-order valence-electron chi connectivity index (χ4n) is 3.14. The van der Waals surface area contributed by atoms with Gasteiger partial charge in [0.15, 0.2) is 0 Å². The number of aromatic nitrogens is 2. The van der Waals surface area contributed by atoms with E-state index in [9.17, 15) is 18.0 Å². The number of nitrogens with zero attached hydrogens (tertiary/aromatic N) is 3. The third-order valence-electron chi connectivity index (χ3n) is 4.72. The molecule has 0 bridgehead atoms. The van der Waals surface area contributed by atoms with Gasteiger partial charge < -0.3 is 14.4 Å². The zero-order valence-electron chi connectivity index (χ0n) is 15.5. The Balaban J connectivity index is 1.66. The first-order chi connectivity index (χ1) is 13.3. The first kappa shape index (κ1) is 19.9. The summed E-state index contributed by atoms with van der Waals surface area (Å²) in [6.45, 7) is 0.931. The molecule has 0 radical (unpaired) electrons. The molecule has 0 spiro atoms. The summed E-state index contributed by atoms with van der Waals surface area (Å²) in [4.78, 5) is 22.9. The van der Waals surface area contributed by atoms with Crippen molar-refractivity contribution in [1.82, 2.24) is 14.9 Å². The van der Waals surface area contributed by atoms with Crippen LogP contribution >= 0.6 is 0 Å². The number of piperidine rings is 1. The summed E-state index contributed by atoms with van der Waals surface area (Å²) in [5.41, 5.74) is -0.530. The van der Waals surface area contributed by atoms with E-state index < -0.39 is 11.7 Å². The van der Waals surface area contributed by atoms with E-state index in [0.29, 0.717) is 43.5 Å². The second kappa shape index (κ2) is 8.04. The Morgan fingerprint density at radius 2 is 1.57 bits per heavy atom. The van der Waals surface area contributed by atoms with Crippen LogP contribution in [0, 0.1) is 0 Å². The van der Waals surface area contributed by atoms with Crippen molar-refractivity contribution in [3.8, 4) is 11.8 Å². The van der Waals surface area contributed by atoms with Crippen molar-refractivity contribution in [2.24, 2.45) is 0 Å². The second-order valence-electron chi connectivity index (χ2n) is 6.45. The monoisotopic (exact) mass is 395 g/mol. The van der Waals surface area contributed by atoms with E-state index in [0.717, 1.165) is 12.1 Å². The van der Waals surface area contributed by atoms with E-state index in [1.165, 1.54) is 26.4 Å². The number of hydrogen-bond donors (Lipinski definition) is 0. The lowest BCUT2D eigenvalue weighted by Gasteiger charge is -2.31. The highest BCUT2D eigenvalue weighted by atomic mass is 19.4. The predicted octanol–water partition coefficient (Wildman–Crippen LogP) is 3.53. The molecular weight excluding hydrogens is 375 g/mol. The normalized spacial score (nSPS) is 15.4. The molecular formula is C19H20F3N3O3. The summed E-state index contributed by atoms with van der Waals surface area (Å²) >= 11 is 0. The Bertz CT molecular complexity index is 810. The topological polar surface area (TPSA) is 64.6 Å². The van der Waals surface area contributed by atoms with Gasteiger partial charge in [0.25, 0.3) is 5.91 Å². The molecule has 1 aliphatic rings. The first-order valence-corrected chi connectivity index (χ1v) is 8.75. The van der Waals surface area contributed by atoms with E-state index in [4.69, 9.17) is 9.47 Å². The zero-order chi connectivity index (χ0) is 20.3. The molecule has 0 atom stereocenters. The molecule has 1 aromatic carbocycles. The first-order valence-electron chi connectivity index (χ1n) is 8.75. The van der Waals surface area contributed by atoms with E-state index in [-0.39, 0.29) is 17.4 Å². The Morgan fingerprint density at radius 3 is 2.04 bits per heavy atom. The number of hydrogen-bond acceptors (Lipinski definition) is 5. The number of alkyl halides is 3. The highest BCUT2D eigenvalue weighted by Gasteiger charge is 2.31. The van der Waals surface area contributed by atoms with Crippen LogP contribution in [0.3, 0.4) is 0 Å². The fourth-order valence-corrected chi connectivity index (χ4v) is 3.14. The lowest BCUT2D eigenvalue weighted by molar-refractivity contribution is -0.137. The van der Waals surface area contributed by atoms with Gasteiger partial charge in [0.2, 0.25) is 11.8 Å². The number of likely N-dealkylation sites (tertiary alicyclic amines) is 1. The Morgan fingerprint density at radius 1 is 1.04 bits per heavy atom. The smallest absolute Gasteiger partial charge is 0.416 e. The third-order valence-corrected chi connectivity index (χ3v) is 4.72. The van der Waals surface area contributed by atoms with Gasteiger partial charge in [-0.2, -0.15) is 23.1 Å². The molecule has 0 aliphatic carbocycles. The maximum Gasteiger partial charge on any atom is 0.416 e. The molecule has 0 unspecified atom stereocenters. The SMILES string of the molecule is COc1cc(OC)nc(C2CCN(C(=O)c3ccc(C(F)(F)F)cc3)CC2)n1. The van der Waals surface area contributed by atoms with Crippen LogP contribution in [-0.4, -0.2) is 48.1 Å². The van der Waals surface area contributed by atoms with Gasteiger partial charge in [-0.05, 0) is 37.1 Å². The Kier molecular flexibility index (Phi) is 5.71. The predicted molar refractivity (Wildman–Crippen MR) is 94.5 cm³/mol. The molecule has 1 amide bonds. The standard InChI is InChI=1S/C19H20F3N3O3/c1-27-15-11-16(28-2)24-17(23-15)12-7-9-25(10-8-12)18(26)13-3-5-14(6-4-13)19(20,21)22/h3-6,11-12H,7-10H2,1-2H3. The van der Waals surface area contributed by atoms with Crippen LogP contribution in [0.15, 0.2) is 30.3 Å². The quantitative estimate of drug-likeness (QED) is 0.793. The largest absolute Gasteiger partial charge is 0.481 e. The maximum absolute atomic E-state index is 12.7. The Labute approximate surface area is 160 Å². The van der Waals surface area contributed by atoms with Crippen molar-refractivity contribution in [2.75, 3.05) is 27.3 Å². The van der Waals surface area contributed by atoms with Crippen LogP contribution in [0.2, 0.25) is 0 Å². The van der Waals surface area contributed by atoms with Crippen LogP contribution in [0.4, 0.5) is 13.2 Å². The maximum atomic E-state index is 12.7. The van der Waals surface area contributed by atoms with Crippen molar-refractivity contribution < 1.29 is 27.4 Å². The number of rotatable bonds is 4. The average molecular weight is 395 g/mol. The molecule has 2 aromatic rings. The van der Waals surface area contributed by atoms with Gasteiger partial charge in [0, 0.05) is 24.6 Å². The molecule has 150 valence electrons. The van der Waals surface area contributed by atoms with Gasteiger partial charge in [-0.1, -0.05) is 0 Å². The number of benzene rings is 1. The summed E-state index contributed by atoms with van der Waals surface area (Å²) in [6, 6.07) is 5.88. The minimum atomic E-state index is -4.42. The molecule has 9 heteroatoms. The lowest BCUT2D eigenvalue weighted by Crippen LogP contribution is -2.38. The van der Waals surface area contributed by atoms with E-state index in [1.54, 1.807) is 11.0 Å². The van der Waals surface area contributed by atoms with Gasteiger partial charge in [-0.15, -0.1) is 0 Å². The molecule has 1 aliphatic heterocycles. The summed E-state index contributed by atoms with van der Waals surface area (Å²) in [7, 11) is 3.02. The molecule has 1 fully saturated rings. The van der Waals surface area contributed by atoms with Gasteiger partial charge in [0.1, 0.15) is 5.82 Å². The fraction of sp³-hybridized carbons (Fsp3) is 0.421. The summed E-state index contributed by atoms with van der Waals surface area (Å²) in [5.74, 6) is 1.17. The second-order valence-corrected chi connectivity index (χ2v) is 6.45. The molecule has 2 heterocycles. The molecule has 0 N–H and O–H groups in total. The van der Waals surface area contributed by atoms with Crippen molar-refractivity contribution in [1.29, 1.82) is 0 Å². The number of ether oxygens (including phenoxy) is 2. The lowest BCUT2D eigenvalue weighted by atomic mass is 9.95. The molecule has 0 saturated carbocycles. The third kappa shape index (κ3) is 4.35. The van der Waals surface area contributed by atoms with Crippen molar-refractivity contribution >= 4 is 5.91 Å². The molecule has 28 heavy (non-hydrogen) atoms. The minimum absolute atomic E-state index is 0.0423. The van der Waals surface area contributed by atoms with Crippen LogP contribution in [0.25, 0.3) is 0 Å². The van der Waals surface area contributed by atoms with E-state index in [2.05, 4.69) is 9.97 Å². The van der Waals surface area contributed by atoms with E-state index in [1.807, 2.05) is 0 Å². The van der Waals surface area contributed by atoms with Gasteiger partial charge in [0.05, 0.1) is 25.8 Å². The highest BCUT2D eigenvalue weighted by molar-refractivity contribution is 5.94. The number of methoxy groups -OCH3 is 2. The average Bonchev–Trinajstić information content (AvgIpc) is 2.72. The van der Waals surface area contributed by atoms with Crippen LogP contribution in [0.5, 0.6) is 11.8 Å². The number of carbonyl (C=O) groups is 1. The van der Waals surface area contributed by atoms with Gasteiger partial charge >= 0.3 is 6.18 Å². The molecule has 3 rings (SSSR count). The van der Waals surface area contributed by atoms with Gasteiger partial charge in [-0.25, -0.2) is 0 Å². The van der Waals surface area contributed by atoms with E-state index >= 15 is 0 Å². The van der Waals surface area contributed by atoms with Crippen LogP contribution in [0.1, 0.15) is 40.5 Å². The molecule has 1 saturated heterocycles.